The standard InChI is InChI=1S/C15H18F3N5O5S/c1-14(11(24)21-12(25)22-14)8-29(26,27)23-6-3-9(4-7-23)28-13-19-5-2-10(20-13)15(16,17)18/h2,5,9H,3-4,6-8H2,1H3,(H2,21,22,24,25)/t14-/m1/s1. The lowest BCUT2D eigenvalue weighted by Crippen LogP contribution is -2.53. The molecule has 0 unspecified atom stereocenters. The molecular weight excluding hydrogens is 419 g/mol. The number of sulfonamides is 1. The van der Waals surface area contributed by atoms with E-state index in [-0.39, 0.29) is 25.9 Å². The van der Waals surface area contributed by atoms with Gasteiger partial charge in [0.1, 0.15) is 11.6 Å². The minimum Gasteiger partial charge on any atom is -0.460 e. The van der Waals surface area contributed by atoms with E-state index in [1.54, 1.807) is 0 Å². The van der Waals surface area contributed by atoms with E-state index in [1.165, 1.54) is 6.92 Å². The zero-order valence-electron chi connectivity index (χ0n) is 15.2. The maximum absolute atomic E-state index is 12.7. The fraction of sp³-hybridized carbons (Fsp3) is 0.600. The Morgan fingerprint density at radius 1 is 1.31 bits per heavy atom. The van der Waals surface area contributed by atoms with Crippen LogP contribution in [0.4, 0.5) is 18.0 Å². The number of piperidine rings is 1. The number of alkyl halides is 3. The van der Waals surface area contributed by atoms with Gasteiger partial charge in [0.25, 0.3) is 5.91 Å². The van der Waals surface area contributed by atoms with Crippen LogP contribution in [0.15, 0.2) is 12.3 Å². The molecule has 0 saturated carbocycles. The molecule has 2 saturated heterocycles. The maximum atomic E-state index is 12.7. The molecule has 1 atom stereocenters. The van der Waals surface area contributed by atoms with Crippen LogP contribution < -0.4 is 15.4 Å². The summed E-state index contributed by atoms with van der Waals surface area (Å²) in [5.74, 6) is -1.34. The van der Waals surface area contributed by atoms with E-state index in [2.05, 4.69) is 15.3 Å². The summed E-state index contributed by atoms with van der Waals surface area (Å²) >= 11 is 0. The van der Waals surface area contributed by atoms with Gasteiger partial charge in [0.2, 0.25) is 10.0 Å². The lowest BCUT2D eigenvalue weighted by Gasteiger charge is -2.32. The average Bonchev–Trinajstić information content (AvgIpc) is 2.85. The Hall–Kier alpha value is -2.48. The van der Waals surface area contributed by atoms with Crippen molar-refractivity contribution < 1.29 is 35.9 Å². The third kappa shape index (κ3) is 4.75. The van der Waals surface area contributed by atoms with Crippen LogP contribution in [0.2, 0.25) is 0 Å². The minimum atomic E-state index is -4.63. The highest BCUT2D eigenvalue weighted by Crippen LogP contribution is 2.28. The molecule has 10 nitrogen and oxygen atoms in total. The van der Waals surface area contributed by atoms with E-state index in [9.17, 15) is 31.2 Å². The van der Waals surface area contributed by atoms with Crippen molar-refractivity contribution in [3.05, 3.63) is 18.0 Å². The number of nitrogens with one attached hydrogen (secondary N) is 2. The lowest BCUT2D eigenvalue weighted by molar-refractivity contribution is -0.141. The number of carbonyl (C=O) groups excluding carboxylic acids is 2. The molecule has 3 heterocycles. The first-order chi connectivity index (χ1) is 13.4. The Morgan fingerprint density at radius 2 is 1.97 bits per heavy atom. The van der Waals surface area contributed by atoms with Crippen molar-refractivity contribution in [3.8, 4) is 6.01 Å². The summed E-state index contributed by atoms with van der Waals surface area (Å²) < 4.78 is 69.9. The van der Waals surface area contributed by atoms with Gasteiger partial charge in [-0.05, 0) is 25.8 Å². The highest BCUT2D eigenvalue weighted by molar-refractivity contribution is 7.89. The normalized spacial score (nSPS) is 24.3. The monoisotopic (exact) mass is 437 g/mol. The number of hydrogen-bond acceptors (Lipinski definition) is 7. The fourth-order valence-corrected chi connectivity index (χ4v) is 4.95. The Labute approximate surface area is 163 Å². The summed E-state index contributed by atoms with van der Waals surface area (Å²) in [5.41, 5.74) is -2.71. The average molecular weight is 437 g/mol. The molecule has 2 fully saturated rings. The van der Waals surface area contributed by atoms with Gasteiger partial charge in [-0.2, -0.15) is 18.2 Å². The van der Waals surface area contributed by atoms with Gasteiger partial charge in [0.15, 0.2) is 5.69 Å². The van der Waals surface area contributed by atoms with Crippen LogP contribution in [-0.2, 0) is 21.0 Å². The highest BCUT2D eigenvalue weighted by atomic mass is 32.2. The molecule has 29 heavy (non-hydrogen) atoms. The smallest absolute Gasteiger partial charge is 0.433 e. The Balaban J connectivity index is 1.59. The van der Waals surface area contributed by atoms with E-state index >= 15 is 0 Å². The van der Waals surface area contributed by atoms with E-state index in [0.717, 1.165) is 16.6 Å². The van der Waals surface area contributed by atoms with Crippen LogP contribution in [0.3, 0.4) is 0 Å². The van der Waals surface area contributed by atoms with Gasteiger partial charge in [0.05, 0.1) is 5.75 Å². The van der Waals surface area contributed by atoms with Gasteiger partial charge in [-0.1, -0.05) is 0 Å². The summed E-state index contributed by atoms with van der Waals surface area (Å²) in [5, 5.41) is 4.29. The zero-order chi connectivity index (χ0) is 21.4. The minimum absolute atomic E-state index is 0.0393. The molecule has 0 spiro atoms. The van der Waals surface area contributed by atoms with Crippen LogP contribution in [0.5, 0.6) is 6.01 Å². The number of imide groups is 1. The van der Waals surface area contributed by atoms with Crippen molar-refractivity contribution in [1.82, 2.24) is 24.9 Å². The second-order valence-corrected chi connectivity index (χ2v) is 8.90. The van der Waals surface area contributed by atoms with Crippen LogP contribution >= 0.6 is 0 Å². The summed E-state index contributed by atoms with van der Waals surface area (Å²) in [7, 11) is -3.88. The van der Waals surface area contributed by atoms with Crippen molar-refractivity contribution in [2.75, 3.05) is 18.8 Å². The SMILES string of the molecule is C[C@]1(CS(=O)(=O)N2CCC(Oc3nccc(C(F)(F)F)n3)CC2)NC(=O)NC1=O. The molecule has 1 aromatic heterocycles. The molecule has 3 amide bonds. The van der Waals surface area contributed by atoms with Crippen LogP contribution in [0, 0.1) is 0 Å². The molecule has 2 aliphatic rings. The predicted octanol–water partition coefficient (Wildman–Crippen LogP) is 0.267. The van der Waals surface area contributed by atoms with Crippen LogP contribution in [0.25, 0.3) is 0 Å². The van der Waals surface area contributed by atoms with E-state index in [1.807, 2.05) is 5.32 Å². The van der Waals surface area contributed by atoms with Gasteiger partial charge in [-0.15, -0.1) is 0 Å². The molecule has 2 N–H and O–H groups in total. The number of nitrogens with zero attached hydrogens (tertiary/aromatic N) is 3. The molecule has 3 rings (SSSR count). The van der Waals surface area contributed by atoms with Gasteiger partial charge in [-0.3, -0.25) is 10.1 Å². The second kappa shape index (κ2) is 7.40. The molecule has 2 aliphatic heterocycles. The predicted molar refractivity (Wildman–Crippen MR) is 91.1 cm³/mol. The number of urea groups is 1. The zero-order valence-corrected chi connectivity index (χ0v) is 16.0. The summed E-state index contributed by atoms with van der Waals surface area (Å²) in [4.78, 5) is 30.1. The topological polar surface area (TPSA) is 131 Å². The van der Waals surface area contributed by atoms with E-state index in [0.29, 0.717) is 0 Å². The largest absolute Gasteiger partial charge is 0.460 e. The number of rotatable bonds is 5. The van der Waals surface area contributed by atoms with Crippen molar-refractivity contribution in [3.63, 3.8) is 0 Å². The first-order valence-electron chi connectivity index (χ1n) is 8.57. The fourth-order valence-electron chi connectivity index (χ4n) is 3.07. The second-order valence-electron chi connectivity index (χ2n) is 6.94. The number of aromatic nitrogens is 2. The molecular formula is C15H18F3N5O5S. The van der Waals surface area contributed by atoms with Crippen molar-refractivity contribution in [2.45, 2.75) is 37.6 Å². The van der Waals surface area contributed by atoms with Crippen LogP contribution in [-0.4, -0.2) is 65.1 Å². The molecule has 0 bridgehead atoms. The summed E-state index contributed by atoms with van der Waals surface area (Å²) in [6.45, 7) is 1.39. The Kier molecular flexibility index (Phi) is 5.42. The number of halogens is 3. The third-order valence-corrected chi connectivity index (χ3v) is 6.67. The Bertz CT molecular complexity index is 917. The molecule has 0 aliphatic carbocycles. The van der Waals surface area contributed by atoms with Crippen molar-refractivity contribution in [2.24, 2.45) is 0 Å². The maximum Gasteiger partial charge on any atom is 0.433 e. The van der Waals surface area contributed by atoms with Gasteiger partial charge < -0.3 is 10.1 Å². The Morgan fingerprint density at radius 3 is 2.52 bits per heavy atom. The first-order valence-corrected chi connectivity index (χ1v) is 10.2. The molecule has 1 aromatic rings. The molecule has 14 heteroatoms. The lowest BCUT2D eigenvalue weighted by atomic mass is 10.1. The van der Waals surface area contributed by atoms with Gasteiger partial charge in [0, 0.05) is 19.3 Å². The van der Waals surface area contributed by atoms with E-state index in [4.69, 9.17) is 4.74 Å². The van der Waals surface area contributed by atoms with Crippen molar-refractivity contribution in [1.29, 1.82) is 0 Å². The first kappa shape index (κ1) is 21.2. The number of ether oxygens (including phenoxy) is 1. The molecule has 0 aromatic carbocycles. The number of amides is 3. The number of carbonyl (C=O) groups is 2. The summed E-state index contributed by atoms with van der Waals surface area (Å²) in [6, 6.07) is -0.472. The number of hydrogen-bond donors (Lipinski definition) is 2. The van der Waals surface area contributed by atoms with E-state index < -0.39 is 57.2 Å². The highest BCUT2D eigenvalue weighted by Gasteiger charge is 2.47. The van der Waals surface area contributed by atoms with Crippen LogP contribution in [0.1, 0.15) is 25.5 Å². The van der Waals surface area contributed by atoms with Crippen molar-refractivity contribution >= 4 is 22.0 Å². The van der Waals surface area contributed by atoms with Gasteiger partial charge >= 0.3 is 18.2 Å². The quantitative estimate of drug-likeness (QED) is 0.632. The molecule has 160 valence electrons. The third-order valence-electron chi connectivity index (χ3n) is 4.58. The molecule has 0 radical (unpaired) electrons. The van der Waals surface area contributed by atoms with Gasteiger partial charge in [-0.25, -0.2) is 22.5 Å². The summed E-state index contributed by atoms with van der Waals surface area (Å²) in [6.07, 6.45) is -3.85.